The maximum absolute atomic E-state index is 11.8. The average molecular weight is 233 g/mol. The van der Waals surface area contributed by atoms with E-state index in [2.05, 4.69) is 4.98 Å². The number of amides is 1. The number of aryl methyl sites for hydroxylation is 1. The highest BCUT2D eigenvalue weighted by Gasteiger charge is 2.18. The van der Waals surface area contributed by atoms with Gasteiger partial charge in [-0.3, -0.25) is 4.79 Å². The van der Waals surface area contributed by atoms with E-state index in [1.807, 2.05) is 13.8 Å². The van der Waals surface area contributed by atoms with Crippen molar-refractivity contribution >= 4 is 28.8 Å². The summed E-state index contributed by atoms with van der Waals surface area (Å²) >= 11 is 7.15. The van der Waals surface area contributed by atoms with Gasteiger partial charge < -0.3 is 4.90 Å². The molecule has 1 heterocycles. The second-order valence-corrected chi connectivity index (χ2v) is 4.54. The third-order valence-electron chi connectivity index (χ3n) is 2.04. The molecule has 1 aromatic heterocycles. The molecule has 0 saturated heterocycles. The Hall–Kier alpha value is -0.610. The molecular weight excluding hydrogens is 220 g/mol. The minimum atomic E-state index is -0.0671. The molecule has 1 amide bonds. The summed E-state index contributed by atoms with van der Waals surface area (Å²) in [5.41, 5.74) is 0.506. The van der Waals surface area contributed by atoms with E-state index in [1.165, 1.54) is 11.3 Å². The maximum atomic E-state index is 11.8. The van der Waals surface area contributed by atoms with Gasteiger partial charge in [-0.15, -0.1) is 22.9 Å². The van der Waals surface area contributed by atoms with Crippen LogP contribution < -0.4 is 0 Å². The lowest BCUT2D eigenvalue weighted by Crippen LogP contribution is -2.36. The molecule has 0 aliphatic heterocycles. The quantitative estimate of drug-likeness (QED) is 0.749. The molecule has 0 aliphatic carbocycles. The zero-order valence-electron chi connectivity index (χ0n) is 8.45. The number of thiazole rings is 1. The number of hydrogen-bond donors (Lipinski definition) is 0. The molecule has 78 valence electrons. The van der Waals surface area contributed by atoms with Crippen LogP contribution in [-0.4, -0.2) is 34.8 Å². The van der Waals surface area contributed by atoms with E-state index in [4.69, 9.17) is 11.6 Å². The number of carbonyl (C=O) groups is 1. The number of aromatic nitrogens is 1. The first-order valence-electron chi connectivity index (χ1n) is 4.31. The molecule has 1 atom stereocenters. The number of nitrogens with zero attached hydrogens (tertiary/aromatic N) is 2. The average Bonchev–Trinajstić information content (AvgIpc) is 2.61. The highest BCUT2D eigenvalue weighted by atomic mass is 35.5. The van der Waals surface area contributed by atoms with Crippen molar-refractivity contribution in [2.24, 2.45) is 0 Å². The fraction of sp³-hybridized carbons (Fsp3) is 0.556. The van der Waals surface area contributed by atoms with Crippen LogP contribution in [0.1, 0.15) is 22.4 Å². The van der Waals surface area contributed by atoms with E-state index in [0.29, 0.717) is 11.6 Å². The maximum Gasteiger partial charge on any atom is 0.273 e. The fourth-order valence-corrected chi connectivity index (χ4v) is 1.74. The standard InChI is InChI=1S/C9H13ClN2OS/c1-6(4-10)12(3)9(13)8-5-14-7(2)11-8/h5-6H,4H2,1-3H3. The molecule has 0 N–H and O–H groups in total. The number of halogens is 1. The highest BCUT2D eigenvalue weighted by Crippen LogP contribution is 2.11. The second kappa shape index (κ2) is 4.75. The van der Waals surface area contributed by atoms with Gasteiger partial charge in [-0.05, 0) is 13.8 Å². The van der Waals surface area contributed by atoms with E-state index in [0.717, 1.165) is 5.01 Å². The van der Waals surface area contributed by atoms with Gasteiger partial charge >= 0.3 is 0 Å². The highest BCUT2D eigenvalue weighted by molar-refractivity contribution is 7.09. The Morgan fingerprint density at radius 3 is 2.86 bits per heavy atom. The molecular formula is C9H13ClN2OS. The predicted molar refractivity (Wildman–Crippen MR) is 59.1 cm³/mol. The lowest BCUT2D eigenvalue weighted by atomic mass is 10.3. The van der Waals surface area contributed by atoms with Gasteiger partial charge in [-0.2, -0.15) is 0 Å². The Bertz CT molecular complexity index is 326. The van der Waals surface area contributed by atoms with Crippen molar-refractivity contribution in [2.75, 3.05) is 12.9 Å². The van der Waals surface area contributed by atoms with Gasteiger partial charge in [0.05, 0.1) is 5.01 Å². The summed E-state index contributed by atoms with van der Waals surface area (Å²) in [5.74, 6) is 0.369. The normalized spacial score (nSPS) is 12.6. The summed E-state index contributed by atoms with van der Waals surface area (Å²) in [6.45, 7) is 3.79. The summed E-state index contributed by atoms with van der Waals surface area (Å²) in [6, 6.07) is 0.0335. The van der Waals surface area contributed by atoms with E-state index in [-0.39, 0.29) is 11.9 Å². The zero-order chi connectivity index (χ0) is 10.7. The van der Waals surface area contributed by atoms with Crippen molar-refractivity contribution in [2.45, 2.75) is 19.9 Å². The summed E-state index contributed by atoms with van der Waals surface area (Å²) in [6.07, 6.45) is 0. The number of carbonyl (C=O) groups excluding carboxylic acids is 1. The first-order chi connectivity index (χ1) is 6.56. The van der Waals surface area contributed by atoms with E-state index < -0.39 is 0 Å². The molecule has 0 fully saturated rings. The van der Waals surface area contributed by atoms with Crippen molar-refractivity contribution in [3.05, 3.63) is 16.1 Å². The Kier molecular flexibility index (Phi) is 3.89. The Balaban J connectivity index is 2.75. The molecule has 0 bridgehead atoms. The van der Waals surface area contributed by atoms with Crippen LogP contribution in [0.2, 0.25) is 0 Å². The number of rotatable bonds is 3. The monoisotopic (exact) mass is 232 g/mol. The smallest absolute Gasteiger partial charge is 0.273 e. The van der Waals surface area contributed by atoms with Crippen LogP contribution in [0.3, 0.4) is 0 Å². The third kappa shape index (κ3) is 2.45. The predicted octanol–water partition coefficient (Wildman–Crippen LogP) is 2.15. The summed E-state index contributed by atoms with van der Waals surface area (Å²) in [7, 11) is 1.74. The van der Waals surface area contributed by atoms with Gasteiger partial charge in [0, 0.05) is 24.3 Å². The lowest BCUT2D eigenvalue weighted by molar-refractivity contribution is 0.0751. The van der Waals surface area contributed by atoms with Gasteiger partial charge in [-0.25, -0.2) is 4.98 Å². The van der Waals surface area contributed by atoms with Crippen molar-refractivity contribution in [3.63, 3.8) is 0 Å². The number of hydrogen-bond acceptors (Lipinski definition) is 3. The van der Waals surface area contributed by atoms with Gasteiger partial charge in [0.1, 0.15) is 5.69 Å². The molecule has 1 aromatic rings. The Labute approximate surface area is 92.7 Å². The van der Waals surface area contributed by atoms with E-state index in [1.54, 1.807) is 17.3 Å². The van der Waals surface area contributed by atoms with Crippen molar-refractivity contribution in [1.82, 2.24) is 9.88 Å². The molecule has 0 radical (unpaired) electrons. The summed E-state index contributed by atoms with van der Waals surface area (Å²) < 4.78 is 0. The van der Waals surface area contributed by atoms with Crippen LogP contribution >= 0.6 is 22.9 Å². The van der Waals surface area contributed by atoms with Gasteiger partial charge in [0.25, 0.3) is 5.91 Å². The molecule has 5 heteroatoms. The Morgan fingerprint density at radius 2 is 2.43 bits per heavy atom. The second-order valence-electron chi connectivity index (χ2n) is 3.17. The van der Waals surface area contributed by atoms with Crippen molar-refractivity contribution < 1.29 is 4.79 Å². The van der Waals surface area contributed by atoms with Crippen molar-refractivity contribution in [1.29, 1.82) is 0 Å². The minimum Gasteiger partial charge on any atom is -0.336 e. The fourth-order valence-electron chi connectivity index (χ4n) is 0.946. The van der Waals surface area contributed by atoms with Crippen LogP contribution in [0.25, 0.3) is 0 Å². The molecule has 14 heavy (non-hydrogen) atoms. The number of alkyl halides is 1. The topological polar surface area (TPSA) is 33.2 Å². The van der Waals surface area contributed by atoms with Crippen LogP contribution in [0.15, 0.2) is 5.38 Å². The molecule has 1 unspecified atom stereocenters. The van der Waals surface area contributed by atoms with E-state index >= 15 is 0 Å². The first kappa shape index (κ1) is 11.5. The molecule has 0 saturated carbocycles. The lowest BCUT2D eigenvalue weighted by Gasteiger charge is -2.21. The van der Waals surface area contributed by atoms with Crippen LogP contribution in [0, 0.1) is 6.92 Å². The molecule has 0 aliphatic rings. The van der Waals surface area contributed by atoms with E-state index in [9.17, 15) is 4.79 Å². The summed E-state index contributed by atoms with van der Waals surface area (Å²) in [5, 5.41) is 2.68. The first-order valence-corrected chi connectivity index (χ1v) is 5.73. The van der Waals surface area contributed by atoms with Crippen LogP contribution in [0.5, 0.6) is 0 Å². The van der Waals surface area contributed by atoms with Gasteiger partial charge in [0.15, 0.2) is 0 Å². The minimum absolute atomic E-state index is 0.0335. The van der Waals surface area contributed by atoms with Crippen molar-refractivity contribution in [3.8, 4) is 0 Å². The molecule has 1 rings (SSSR count). The molecule has 0 aromatic carbocycles. The molecule has 3 nitrogen and oxygen atoms in total. The largest absolute Gasteiger partial charge is 0.336 e. The third-order valence-corrected chi connectivity index (χ3v) is 3.26. The molecule has 0 spiro atoms. The van der Waals surface area contributed by atoms with Gasteiger partial charge in [-0.1, -0.05) is 0 Å². The SMILES string of the molecule is Cc1nc(C(=O)N(C)C(C)CCl)cs1. The summed E-state index contributed by atoms with van der Waals surface area (Å²) in [4.78, 5) is 17.5. The Morgan fingerprint density at radius 1 is 1.79 bits per heavy atom. The zero-order valence-corrected chi connectivity index (χ0v) is 10.0. The van der Waals surface area contributed by atoms with Gasteiger partial charge in [0.2, 0.25) is 0 Å². The van der Waals surface area contributed by atoms with Crippen LogP contribution in [-0.2, 0) is 0 Å². The van der Waals surface area contributed by atoms with Crippen LogP contribution in [0.4, 0.5) is 0 Å².